The summed E-state index contributed by atoms with van der Waals surface area (Å²) >= 11 is 0. The molecule has 2 aliphatic heterocycles. The number of likely N-dealkylation sites (N-methyl/N-ethyl adjacent to an activating group) is 1. The molecule has 3 nitrogen and oxygen atoms in total. The Kier molecular flexibility index (Phi) is 4.04. The maximum atomic E-state index is 5.75. The fourth-order valence-electron chi connectivity index (χ4n) is 3.35. The second kappa shape index (κ2) is 5.93. The van der Waals surface area contributed by atoms with Gasteiger partial charge in [0.25, 0.3) is 0 Å². The van der Waals surface area contributed by atoms with Gasteiger partial charge in [0.1, 0.15) is 5.75 Å². The second-order valence-corrected chi connectivity index (χ2v) is 5.79. The minimum Gasteiger partial charge on any atom is -0.493 e. The molecule has 0 bridgehead atoms. The molecule has 0 aromatic heterocycles. The predicted octanol–water partition coefficient (Wildman–Crippen LogP) is 2.24. The van der Waals surface area contributed by atoms with E-state index in [0.717, 1.165) is 31.4 Å². The summed E-state index contributed by atoms with van der Waals surface area (Å²) < 4.78 is 5.75. The molecule has 2 aliphatic rings. The normalized spacial score (nSPS) is 24.0. The van der Waals surface area contributed by atoms with Crippen molar-refractivity contribution in [3.05, 3.63) is 29.8 Å². The second-order valence-electron chi connectivity index (χ2n) is 5.79. The van der Waals surface area contributed by atoms with Gasteiger partial charge in [-0.1, -0.05) is 18.2 Å². The van der Waals surface area contributed by atoms with Crippen LogP contribution in [0.25, 0.3) is 0 Å². The van der Waals surface area contributed by atoms with Crippen LogP contribution in [0.15, 0.2) is 24.3 Å². The van der Waals surface area contributed by atoms with E-state index in [-0.39, 0.29) is 0 Å². The molecular weight excluding hydrogens is 236 g/mol. The van der Waals surface area contributed by atoms with Gasteiger partial charge in [0, 0.05) is 18.5 Å². The van der Waals surface area contributed by atoms with Crippen molar-refractivity contribution in [2.24, 2.45) is 0 Å². The van der Waals surface area contributed by atoms with Crippen molar-refractivity contribution >= 4 is 0 Å². The van der Waals surface area contributed by atoms with Gasteiger partial charge >= 0.3 is 0 Å². The van der Waals surface area contributed by atoms with Gasteiger partial charge < -0.3 is 15.0 Å². The first-order valence-corrected chi connectivity index (χ1v) is 7.47. The van der Waals surface area contributed by atoms with E-state index in [1.165, 1.54) is 31.5 Å². The molecule has 1 fully saturated rings. The number of hydrogen-bond donors (Lipinski definition) is 1. The average molecular weight is 260 g/mol. The van der Waals surface area contributed by atoms with Crippen LogP contribution < -0.4 is 10.1 Å². The molecule has 1 aromatic rings. The highest BCUT2D eigenvalue weighted by Crippen LogP contribution is 2.34. The minimum atomic E-state index is 0.629. The van der Waals surface area contributed by atoms with Crippen molar-refractivity contribution in [2.75, 3.05) is 33.3 Å². The van der Waals surface area contributed by atoms with Crippen LogP contribution >= 0.6 is 0 Å². The van der Waals surface area contributed by atoms with E-state index in [1.54, 1.807) is 0 Å². The number of nitrogens with one attached hydrogen (secondary N) is 1. The van der Waals surface area contributed by atoms with E-state index in [1.807, 2.05) is 0 Å². The van der Waals surface area contributed by atoms with Gasteiger partial charge in [0.15, 0.2) is 0 Å². The van der Waals surface area contributed by atoms with Crippen LogP contribution in [0, 0.1) is 0 Å². The van der Waals surface area contributed by atoms with Crippen molar-refractivity contribution in [1.82, 2.24) is 10.2 Å². The van der Waals surface area contributed by atoms with Crippen molar-refractivity contribution in [3.8, 4) is 5.75 Å². The molecule has 1 saturated heterocycles. The zero-order chi connectivity index (χ0) is 13.1. The Morgan fingerprint density at radius 1 is 1.21 bits per heavy atom. The van der Waals surface area contributed by atoms with Crippen molar-refractivity contribution in [1.29, 1.82) is 0 Å². The Morgan fingerprint density at radius 3 is 2.84 bits per heavy atom. The average Bonchev–Trinajstić information content (AvgIpc) is 2.48. The number of nitrogens with zero attached hydrogens (tertiary/aromatic N) is 1. The van der Waals surface area contributed by atoms with Crippen molar-refractivity contribution in [3.63, 3.8) is 0 Å². The molecule has 1 atom stereocenters. The Bertz CT molecular complexity index is 415. The molecule has 3 heteroatoms. The first-order chi connectivity index (χ1) is 9.34. The lowest BCUT2D eigenvalue weighted by molar-refractivity contribution is 0.170. The summed E-state index contributed by atoms with van der Waals surface area (Å²) in [5.41, 5.74) is 1.40. The van der Waals surface area contributed by atoms with E-state index < -0.39 is 0 Å². The smallest absolute Gasteiger partial charge is 0.122 e. The van der Waals surface area contributed by atoms with Crippen molar-refractivity contribution in [2.45, 2.75) is 31.2 Å². The van der Waals surface area contributed by atoms with Crippen LogP contribution in [0.3, 0.4) is 0 Å². The fourth-order valence-corrected chi connectivity index (χ4v) is 3.35. The van der Waals surface area contributed by atoms with Crippen LogP contribution in [-0.2, 0) is 0 Å². The van der Waals surface area contributed by atoms with E-state index >= 15 is 0 Å². The maximum Gasteiger partial charge on any atom is 0.122 e. The first kappa shape index (κ1) is 12.9. The highest BCUT2D eigenvalue weighted by molar-refractivity contribution is 5.37. The van der Waals surface area contributed by atoms with E-state index in [2.05, 4.69) is 41.5 Å². The summed E-state index contributed by atoms with van der Waals surface area (Å²) in [5, 5.41) is 3.44. The number of hydrogen-bond acceptors (Lipinski definition) is 3. The minimum absolute atomic E-state index is 0.629. The summed E-state index contributed by atoms with van der Waals surface area (Å²) in [6.07, 6.45) is 3.70. The third-order valence-electron chi connectivity index (χ3n) is 4.52. The van der Waals surface area contributed by atoms with Crippen LogP contribution in [0.2, 0.25) is 0 Å². The molecular formula is C16H24N2O. The molecule has 1 N–H and O–H groups in total. The Morgan fingerprint density at radius 2 is 2.00 bits per heavy atom. The Labute approximate surface area is 115 Å². The predicted molar refractivity (Wildman–Crippen MR) is 77.8 cm³/mol. The summed E-state index contributed by atoms with van der Waals surface area (Å²) in [7, 11) is 2.29. The number of piperidine rings is 1. The van der Waals surface area contributed by atoms with Crippen LogP contribution in [0.1, 0.15) is 30.7 Å². The molecule has 0 saturated carbocycles. The summed E-state index contributed by atoms with van der Waals surface area (Å²) in [6.45, 7) is 4.35. The van der Waals surface area contributed by atoms with E-state index in [4.69, 9.17) is 4.74 Å². The lowest BCUT2D eigenvalue weighted by Crippen LogP contribution is -2.43. The number of benzene rings is 1. The molecule has 1 unspecified atom stereocenters. The standard InChI is InChI=1S/C16H24N2O/c1-18(14-6-9-17-10-7-14)12-13-8-11-19-16-5-3-2-4-15(13)16/h2-5,13-14,17H,6-12H2,1H3. The lowest BCUT2D eigenvalue weighted by Gasteiger charge is -2.35. The molecule has 0 spiro atoms. The topological polar surface area (TPSA) is 24.5 Å². The van der Waals surface area contributed by atoms with E-state index in [9.17, 15) is 0 Å². The molecule has 2 heterocycles. The number of para-hydroxylation sites is 1. The third kappa shape index (κ3) is 2.93. The van der Waals surface area contributed by atoms with Crippen LogP contribution in [0.5, 0.6) is 5.75 Å². The highest BCUT2D eigenvalue weighted by Gasteiger charge is 2.25. The van der Waals surface area contributed by atoms with Gasteiger partial charge in [0.05, 0.1) is 6.61 Å². The molecule has 3 rings (SSSR count). The zero-order valence-electron chi connectivity index (χ0n) is 11.8. The first-order valence-electron chi connectivity index (χ1n) is 7.47. The lowest BCUT2D eigenvalue weighted by atomic mass is 9.91. The van der Waals surface area contributed by atoms with Gasteiger partial charge in [-0.3, -0.25) is 0 Å². The quantitative estimate of drug-likeness (QED) is 0.902. The molecule has 19 heavy (non-hydrogen) atoms. The zero-order valence-corrected chi connectivity index (χ0v) is 11.8. The number of ether oxygens (including phenoxy) is 1. The summed E-state index contributed by atoms with van der Waals surface area (Å²) in [6, 6.07) is 9.28. The number of rotatable bonds is 3. The van der Waals surface area contributed by atoms with Gasteiger partial charge in [-0.05, 0) is 51.0 Å². The molecule has 1 aromatic carbocycles. The SMILES string of the molecule is CN(CC1CCOc2ccccc21)C1CCNCC1. The summed E-state index contributed by atoms with van der Waals surface area (Å²) in [5.74, 6) is 1.72. The molecule has 0 amide bonds. The molecule has 104 valence electrons. The van der Waals surface area contributed by atoms with Gasteiger partial charge in [-0.25, -0.2) is 0 Å². The summed E-state index contributed by atoms with van der Waals surface area (Å²) in [4.78, 5) is 2.56. The molecule has 0 aliphatic carbocycles. The van der Waals surface area contributed by atoms with Crippen LogP contribution in [0.4, 0.5) is 0 Å². The van der Waals surface area contributed by atoms with E-state index in [0.29, 0.717) is 5.92 Å². The molecule has 0 radical (unpaired) electrons. The van der Waals surface area contributed by atoms with Crippen LogP contribution in [-0.4, -0.2) is 44.2 Å². The number of fused-ring (bicyclic) bond motifs is 1. The van der Waals surface area contributed by atoms with Gasteiger partial charge in [0.2, 0.25) is 0 Å². The fraction of sp³-hybridized carbons (Fsp3) is 0.625. The van der Waals surface area contributed by atoms with Gasteiger partial charge in [-0.2, -0.15) is 0 Å². The van der Waals surface area contributed by atoms with Gasteiger partial charge in [-0.15, -0.1) is 0 Å². The highest BCUT2D eigenvalue weighted by atomic mass is 16.5. The third-order valence-corrected chi connectivity index (χ3v) is 4.52. The monoisotopic (exact) mass is 260 g/mol. The Hall–Kier alpha value is -1.06. The Balaban J connectivity index is 1.66. The van der Waals surface area contributed by atoms with Crippen molar-refractivity contribution < 1.29 is 4.74 Å². The largest absolute Gasteiger partial charge is 0.493 e. The maximum absolute atomic E-state index is 5.75.